The van der Waals surface area contributed by atoms with Crippen LogP contribution in [0.1, 0.15) is 32.3 Å². The Kier molecular flexibility index (Phi) is 6.48. The number of tetrazole rings is 1. The Morgan fingerprint density at radius 3 is 2.46 bits per heavy atom. The zero-order valence-corrected chi connectivity index (χ0v) is 22.8. The van der Waals surface area contributed by atoms with Crippen LogP contribution in [0.4, 0.5) is 11.6 Å². The third kappa shape index (κ3) is 4.44. The van der Waals surface area contributed by atoms with E-state index in [1.165, 1.54) is 11.3 Å². The lowest BCUT2D eigenvalue weighted by atomic mass is 9.95. The van der Waals surface area contributed by atoms with Crippen molar-refractivity contribution in [1.29, 1.82) is 5.41 Å². The standard InChI is InChI=1S/C27H26N8O3S/c1-13-11-17(35-27(31-32-33-35)34(5)20-8-6-7-19-18(20)9-10-29-19)12-14(2)21(13)24(36)22(26(37)38)23(28)25-15(3)30-16(4)39-25/h6-12,28-29,36H,1-5H3,(H,37,38). The Morgan fingerprint density at radius 1 is 1.10 bits per heavy atom. The van der Waals surface area contributed by atoms with Gasteiger partial charge >= 0.3 is 5.97 Å². The van der Waals surface area contributed by atoms with Gasteiger partial charge in [-0.15, -0.1) is 11.3 Å². The Hall–Kier alpha value is -4.84. The van der Waals surface area contributed by atoms with E-state index in [-0.39, 0.29) is 5.71 Å². The van der Waals surface area contributed by atoms with Crippen molar-refractivity contribution in [2.75, 3.05) is 11.9 Å². The van der Waals surface area contributed by atoms with Gasteiger partial charge in [-0.05, 0) is 79.6 Å². The molecule has 0 radical (unpaired) electrons. The van der Waals surface area contributed by atoms with Crippen LogP contribution in [0.3, 0.4) is 0 Å². The molecular weight excluding hydrogens is 516 g/mol. The predicted molar refractivity (Wildman–Crippen MR) is 151 cm³/mol. The third-order valence-electron chi connectivity index (χ3n) is 6.52. The number of aryl methyl sites for hydroxylation is 4. The van der Waals surface area contributed by atoms with Crippen molar-refractivity contribution in [3.05, 3.63) is 80.4 Å². The van der Waals surface area contributed by atoms with Gasteiger partial charge in [0.2, 0.25) is 0 Å². The van der Waals surface area contributed by atoms with Crippen molar-refractivity contribution >= 4 is 51.3 Å². The van der Waals surface area contributed by atoms with Crippen molar-refractivity contribution in [2.45, 2.75) is 27.7 Å². The van der Waals surface area contributed by atoms with Gasteiger partial charge in [0.1, 0.15) is 11.3 Å². The van der Waals surface area contributed by atoms with Crippen LogP contribution in [0.15, 0.2) is 48.2 Å². The van der Waals surface area contributed by atoms with E-state index in [1.54, 1.807) is 44.5 Å². The highest BCUT2D eigenvalue weighted by molar-refractivity contribution is 7.14. The first-order valence-corrected chi connectivity index (χ1v) is 12.8. The molecule has 5 aromatic rings. The van der Waals surface area contributed by atoms with Crippen LogP contribution >= 0.6 is 11.3 Å². The molecule has 39 heavy (non-hydrogen) atoms. The van der Waals surface area contributed by atoms with E-state index in [0.29, 0.717) is 43.9 Å². The molecule has 3 heterocycles. The zero-order chi connectivity index (χ0) is 28.0. The van der Waals surface area contributed by atoms with Gasteiger partial charge in [-0.3, -0.25) is 5.41 Å². The topological polar surface area (TPSA) is 157 Å². The summed E-state index contributed by atoms with van der Waals surface area (Å²) in [4.78, 5) is 22.0. The molecule has 0 atom stereocenters. The van der Waals surface area contributed by atoms with Crippen LogP contribution in [-0.4, -0.2) is 59.1 Å². The number of aromatic nitrogens is 6. The summed E-state index contributed by atoms with van der Waals surface area (Å²) in [7, 11) is 1.88. The minimum absolute atomic E-state index is 0.283. The first-order chi connectivity index (χ1) is 18.6. The number of anilines is 2. The fourth-order valence-corrected chi connectivity index (χ4v) is 5.67. The monoisotopic (exact) mass is 542 g/mol. The van der Waals surface area contributed by atoms with Crippen molar-refractivity contribution in [3.8, 4) is 5.69 Å². The first-order valence-electron chi connectivity index (χ1n) is 12.0. The zero-order valence-electron chi connectivity index (χ0n) is 21.9. The fourth-order valence-electron chi connectivity index (χ4n) is 4.79. The molecule has 0 amide bonds. The molecule has 0 saturated carbocycles. The second-order valence-electron chi connectivity index (χ2n) is 9.17. The molecule has 0 aliphatic carbocycles. The molecule has 2 aromatic carbocycles. The van der Waals surface area contributed by atoms with Crippen molar-refractivity contribution in [2.24, 2.45) is 0 Å². The van der Waals surface area contributed by atoms with E-state index >= 15 is 0 Å². The van der Waals surface area contributed by atoms with E-state index < -0.39 is 17.3 Å². The summed E-state index contributed by atoms with van der Waals surface area (Å²) in [5.41, 5.74) is 3.84. The lowest BCUT2D eigenvalue weighted by Gasteiger charge is -2.20. The number of hydrogen-bond donors (Lipinski definition) is 4. The molecule has 3 aromatic heterocycles. The molecule has 198 valence electrons. The van der Waals surface area contributed by atoms with Crippen LogP contribution in [0.5, 0.6) is 0 Å². The molecule has 0 bridgehead atoms. The summed E-state index contributed by atoms with van der Waals surface area (Å²) in [6, 6.07) is 11.4. The fraction of sp³-hybridized carbons (Fsp3) is 0.185. The number of aliphatic carboxylic acids is 1. The number of carboxylic acids is 1. The summed E-state index contributed by atoms with van der Waals surface area (Å²) < 4.78 is 1.58. The molecule has 0 aliphatic heterocycles. The largest absolute Gasteiger partial charge is 0.506 e. The number of aliphatic hydroxyl groups excluding tert-OH is 1. The van der Waals surface area contributed by atoms with Gasteiger partial charge in [0, 0.05) is 29.7 Å². The van der Waals surface area contributed by atoms with Gasteiger partial charge in [-0.2, -0.15) is 4.68 Å². The number of aromatic amines is 1. The lowest BCUT2D eigenvalue weighted by molar-refractivity contribution is -0.132. The van der Waals surface area contributed by atoms with Crippen molar-refractivity contribution in [1.82, 2.24) is 30.2 Å². The smallest absolute Gasteiger partial charge is 0.341 e. The Labute approximate surface area is 227 Å². The summed E-state index contributed by atoms with van der Waals surface area (Å²) in [5.74, 6) is -1.40. The van der Waals surface area contributed by atoms with Crippen LogP contribution in [0, 0.1) is 33.1 Å². The van der Waals surface area contributed by atoms with Gasteiger partial charge in [0.15, 0.2) is 0 Å². The average Bonchev–Trinajstić information content (AvgIpc) is 3.62. The number of rotatable bonds is 7. The molecule has 4 N–H and O–H groups in total. The number of carboxylic acid groups (broad SMARTS) is 1. The highest BCUT2D eigenvalue weighted by Crippen LogP contribution is 2.33. The quantitative estimate of drug-likeness (QED) is 0.127. The summed E-state index contributed by atoms with van der Waals surface area (Å²) in [6.45, 7) is 7.03. The normalized spacial score (nSPS) is 12.0. The number of fused-ring (bicyclic) bond motifs is 1. The third-order valence-corrected chi connectivity index (χ3v) is 7.61. The summed E-state index contributed by atoms with van der Waals surface area (Å²) in [5, 5.41) is 43.8. The van der Waals surface area contributed by atoms with E-state index in [9.17, 15) is 15.0 Å². The Balaban J connectivity index is 1.58. The number of hydrogen-bond acceptors (Lipinski definition) is 9. The van der Waals surface area contributed by atoms with Crippen LogP contribution in [0.25, 0.3) is 22.3 Å². The minimum Gasteiger partial charge on any atom is -0.506 e. The second kappa shape index (κ2) is 9.80. The number of thiazole rings is 1. The maximum Gasteiger partial charge on any atom is 0.341 e. The number of H-pyrrole nitrogens is 1. The van der Waals surface area contributed by atoms with E-state index in [0.717, 1.165) is 16.6 Å². The van der Waals surface area contributed by atoms with Gasteiger partial charge in [0.05, 0.1) is 32.7 Å². The first kappa shape index (κ1) is 25.8. The number of aliphatic hydroxyl groups is 1. The predicted octanol–water partition coefficient (Wildman–Crippen LogP) is 5.02. The van der Waals surface area contributed by atoms with Crippen molar-refractivity contribution in [3.63, 3.8) is 0 Å². The molecular formula is C27H26N8O3S. The number of nitrogens with one attached hydrogen (secondary N) is 2. The minimum atomic E-state index is -1.39. The lowest BCUT2D eigenvalue weighted by Crippen LogP contribution is -2.17. The molecule has 0 fully saturated rings. The Morgan fingerprint density at radius 2 is 1.82 bits per heavy atom. The molecule has 0 spiro atoms. The summed E-state index contributed by atoms with van der Waals surface area (Å²) >= 11 is 1.22. The average molecular weight is 543 g/mol. The number of benzene rings is 2. The van der Waals surface area contributed by atoms with Gasteiger partial charge < -0.3 is 20.1 Å². The van der Waals surface area contributed by atoms with E-state index in [4.69, 9.17) is 5.41 Å². The van der Waals surface area contributed by atoms with Crippen molar-refractivity contribution < 1.29 is 15.0 Å². The molecule has 0 unspecified atom stereocenters. The number of carbonyl (C=O) groups is 1. The highest BCUT2D eigenvalue weighted by Gasteiger charge is 2.27. The number of nitrogens with zero attached hydrogens (tertiary/aromatic N) is 6. The van der Waals surface area contributed by atoms with Gasteiger partial charge in [-0.1, -0.05) is 11.2 Å². The maximum absolute atomic E-state index is 12.2. The highest BCUT2D eigenvalue weighted by atomic mass is 32.1. The molecule has 12 heteroatoms. The maximum atomic E-state index is 12.2. The molecule has 5 rings (SSSR count). The van der Waals surface area contributed by atoms with E-state index in [2.05, 4.69) is 25.5 Å². The van der Waals surface area contributed by atoms with Gasteiger partial charge in [-0.25, -0.2) is 9.78 Å². The summed E-state index contributed by atoms with van der Waals surface area (Å²) in [6.07, 6.45) is 1.87. The van der Waals surface area contributed by atoms with Crippen LogP contribution in [0.2, 0.25) is 0 Å². The molecule has 11 nitrogen and oxygen atoms in total. The van der Waals surface area contributed by atoms with Crippen LogP contribution in [-0.2, 0) is 4.79 Å². The van der Waals surface area contributed by atoms with Gasteiger partial charge in [0.25, 0.3) is 5.95 Å². The SMILES string of the molecule is Cc1nc(C)c(C(=N)C(C(=O)O)=C(O)c2c(C)cc(-n3nnnc3N(C)c3cccc4[nH]ccc34)cc2C)s1. The molecule has 0 saturated heterocycles. The van der Waals surface area contributed by atoms with Crippen LogP contribution < -0.4 is 4.90 Å². The second-order valence-corrected chi connectivity index (χ2v) is 10.4. The van der Waals surface area contributed by atoms with E-state index in [1.807, 2.05) is 42.4 Å². The Bertz CT molecular complexity index is 1770. The molecule has 0 aliphatic rings.